The largest absolute Gasteiger partial charge is 0.481 e. The lowest BCUT2D eigenvalue weighted by molar-refractivity contribution is -0.136. The van der Waals surface area contributed by atoms with Crippen LogP contribution in [0.5, 0.6) is 0 Å². The number of carbonyl (C=O) groups is 1. The first-order valence-electron chi connectivity index (χ1n) is 6.73. The van der Waals surface area contributed by atoms with Gasteiger partial charge in [-0.1, -0.05) is 12.1 Å². The van der Waals surface area contributed by atoms with E-state index in [0.717, 1.165) is 22.3 Å². The zero-order valence-electron chi connectivity index (χ0n) is 11.6. The second-order valence-corrected chi connectivity index (χ2v) is 4.87. The molecule has 0 aliphatic rings. The van der Waals surface area contributed by atoms with E-state index in [1.54, 1.807) is 30.7 Å². The third-order valence-corrected chi connectivity index (χ3v) is 3.41. The lowest BCUT2D eigenvalue weighted by Crippen LogP contribution is -2.01. The van der Waals surface area contributed by atoms with Crippen molar-refractivity contribution in [1.82, 2.24) is 9.97 Å². The van der Waals surface area contributed by atoms with Crippen LogP contribution in [0.4, 0.5) is 4.39 Å². The zero-order valence-corrected chi connectivity index (χ0v) is 11.6. The van der Waals surface area contributed by atoms with Gasteiger partial charge in [-0.3, -0.25) is 9.78 Å². The number of benzene rings is 1. The molecule has 2 heterocycles. The first-order valence-corrected chi connectivity index (χ1v) is 6.73. The summed E-state index contributed by atoms with van der Waals surface area (Å²) in [7, 11) is 0. The van der Waals surface area contributed by atoms with Crippen LogP contribution in [-0.4, -0.2) is 21.0 Å². The summed E-state index contributed by atoms with van der Waals surface area (Å²) in [6.07, 6.45) is 4.99. The molecule has 0 aliphatic carbocycles. The summed E-state index contributed by atoms with van der Waals surface area (Å²) in [6.45, 7) is 0. The molecule has 0 unspecified atom stereocenters. The molecular formula is C17H13FN2O2. The molecule has 0 radical (unpaired) electrons. The maximum absolute atomic E-state index is 13.2. The van der Waals surface area contributed by atoms with Crippen LogP contribution in [0.2, 0.25) is 0 Å². The Labute approximate surface area is 126 Å². The van der Waals surface area contributed by atoms with Crippen LogP contribution in [0.1, 0.15) is 5.69 Å². The Morgan fingerprint density at radius 1 is 1.09 bits per heavy atom. The third-order valence-electron chi connectivity index (χ3n) is 3.41. The van der Waals surface area contributed by atoms with Crippen LogP contribution >= 0.6 is 0 Å². The molecule has 0 bridgehead atoms. The van der Waals surface area contributed by atoms with Gasteiger partial charge in [0.05, 0.1) is 6.42 Å². The summed E-state index contributed by atoms with van der Waals surface area (Å²) in [4.78, 5) is 18.1. The molecule has 0 spiro atoms. The SMILES string of the molecule is O=C(O)Cc1[nH]cc(-c2ccncc2)c1-c1ccc(F)cc1. The van der Waals surface area contributed by atoms with Crippen LogP contribution < -0.4 is 0 Å². The Morgan fingerprint density at radius 2 is 1.77 bits per heavy atom. The number of carboxylic acid groups (broad SMARTS) is 1. The summed E-state index contributed by atoms with van der Waals surface area (Å²) in [5.74, 6) is -1.25. The van der Waals surface area contributed by atoms with Crippen LogP contribution in [0.3, 0.4) is 0 Å². The molecular weight excluding hydrogens is 283 g/mol. The molecule has 5 heteroatoms. The highest BCUT2D eigenvalue weighted by Crippen LogP contribution is 2.35. The van der Waals surface area contributed by atoms with Gasteiger partial charge >= 0.3 is 5.97 Å². The van der Waals surface area contributed by atoms with Crippen molar-refractivity contribution in [2.75, 3.05) is 0 Å². The number of nitrogens with zero attached hydrogens (tertiary/aromatic N) is 1. The van der Waals surface area contributed by atoms with E-state index in [1.807, 2.05) is 12.1 Å². The van der Waals surface area contributed by atoms with Gasteiger partial charge in [-0.05, 0) is 35.4 Å². The number of H-pyrrole nitrogens is 1. The molecule has 4 nitrogen and oxygen atoms in total. The number of aliphatic carboxylic acids is 1. The van der Waals surface area contributed by atoms with Gasteiger partial charge in [0.25, 0.3) is 0 Å². The lowest BCUT2D eigenvalue weighted by atomic mass is 9.96. The van der Waals surface area contributed by atoms with Gasteiger partial charge in [0.2, 0.25) is 0 Å². The van der Waals surface area contributed by atoms with E-state index in [9.17, 15) is 9.18 Å². The van der Waals surface area contributed by atoms with Gasteiger partial charge < -0.3 is 10.1 Å². The van der Waals surface area contributed by atoms with Gasteiger partial charge in [-0.15, -0.1) is 0 Å². The maximum atomic E-state index is 13.2. The van der Waals surface area contributed by atoms with E-state index >= 15 is 0 Å². The number of pyridine rings is 1. The first-order chi connectivity index (χ1) is 10.6. The smallest absolute Gasteiger partial charge is 0.309 e. The van der Waals surface area contributed by atoms with Gasteiger partial charge in [0.1, 0.15) is 5.82 Å². The summed E-state index contributed by atoms with van der Waals surface area (Å²) >= 11 is 0. The fourth-order valence-corrected chi connectivity index (χ4v) is 2.46. The van der Waals surface area contributed by atoms with Gasteiger partial charge in [-0.25, -0.2) is 4.39 Å². The van der Waals surface area contributed by atoms with Crippen molar-refractivity contribution < 1.29 is 14.3 Å². The molecule has 0 amide bonds. The molecule has 0 atom stereocenters. The van der Waals surface area contributed by atoms with E-state index in [1.165, 1.54) is 12.1 Å². The Hall–Kier alpha value is -2.95. The van der Waals surface area contributed by atoms with Crippen LogP contribution in [0, 0.1) is 5.82 Å². The second kappa shape index (κ2) is 5.81. The fourth-order valence-electron chi connectivity index (χ4n) is 2.46. The second-order valence-electron chi connectivity index (χ2n) is 4.87. The number of carboxylic acids is 1. The van der Waals surface area contributed by atoms with Gasteiger partial charge in [0, 0.05) is 35.4 Å². The molecule has 110 valence electrons. The minimum absolute atomic E-state index is 0.127. The highest BCUT2D eigenvalue weighted by atomic mass is 19.1. The molecule has 22 heavy (non-hydrogen) atoms. The summed E-state index contributed by atoms with van der Waals surface area (Å²) < 4.78 is 13.2. The normalized spacial score (nSPS) is 10.6. The van der Waals surface area contributed by atoms with Crippen LogP contribution in [0.25, 0.3) is 22.3 Å². The Kier molecular flexibility index (Phi) is 3.70. The van der Waals surface area contributed by atoms with E-state index in [2.05, 4.69) is 9.97 Å². The molecule has 2 N–H and O–H groups in total. The minimum Gasteiger partial charge on any atom is -0.481 e. The molecule has 0 saturated heterocycles. The van der Waals surface area contributed by atoms with E-state index in [0.29, 0.717) is 5.69 Å². The van der Waals surface area contributed by atoms with E-state index in [4.69, 9.17) is 5.11 Å². The highest BCUT2D eigenvalue weighted by Gasteiger charge is 2.16. The zero-order chi connectivity index (χ0) is 15.5. The molecule has 3 rings (SSSR count). The molecule has 1 aromatic carbocycles. The Balaban J connectivity index is 2.17. The summed E-state index contributed by atoms with van der Waals surface area (Å²) in [6, 6.07) is 9.72. The summed E-state index contributed by atoms with van der Waals surface area (Å²) in [5, 5.41) is 9.07. The number of halogens is 1. The topological polar surface area (TPSA) is 66.0 Å². The van der Waals surface area contributed by atoms with E-state index < -0.39 is 5.97 Å². The average Bonchev–Trinajstić information content (AvgIpc) is 2.92. The standard InChI is InChI=1S/C17H13FN2O2/c18-13-3-1-12(2-4-13)17-14(11-5-7-19-8-6-11)10-20-15(17)9-16(21)22/h1-8,10,20H,9H2,(H,21,22). The van der Waals surface area contributed by atoms with Crippen molar-refractivity contribution in [3.05, 3.63) is 66.5 Å². The van der Waals surface area contributed by atoms with Crippen LogP contribution in [-0.2, 0) is 11.2 Å². The molecule has 0 fully saturated rings. The Morgan fingerprint density at radius 3 is 2.41 bits per heavy atom. The maximum Gasteiger partial charge on any atom is 0.309 e. The number of aromatic nitrogens is 2. The predicted octanol–water partition coefficient (Wildman–Crippen LogP) is 3.51. The number of nitrogens with one attached hydrogen (secondary N) is 1. The van der Waals surface area contributed by atoms with Crippen molar-refractivity contribution in [1.29, 1.82) is 0 Å². The molecule has 2 aromatic heterocycles. The lowest BCUT2D eigenvalue weighted by Gasteiger charge is -2.07. The van der Waals surface area contributed by atoms with Crippen molar-refractivity contribution in [2.24, 2.45) is 0 Å². The van der Waals surface area contributed by atoms with Gasteiger partial charge in [0.15, 0.2) is 0 Å². The number of aromatic amines is 1. The minimum atomic E-state index is -0.925. The van der Waals surface area contributed by atoms with Crippen LogP contribution in [0.15, 0.2) is 55.0 Å². The fraction of sp³-hybridized carbons (Fsp3) is 0.0588. The average molecular weight is 296 g/mol. The number of rotatable bonds is 4. The summed E-state index contributed by atoms with van der Waals surface area (Å²) in [5.41, 5.74) is 3.91. The molecule has 0 aliphatic heterocycles. The van der Waals surface area contributed by atoms with Crippen molar-refractivity contribution >= 4 is 5.97 Å². The Bertz CT molecular complexity index is 795. The van der Waals surface area contributed by atoms with Crippen molar-refractivity contribution in [3.63, 3.8) is 0 Å². The number of hydrogen-bond donors (Lipinski definition) is 2. The quantitative estimate of drug-likeness (QED) is 0.774. The third kappa shape index (κ3) is 2.74. The van der Waals surface area contributed by atoms with Gasteiger partial charge in [-0.2, -0.15) is 0 Å². The predicted molar refractivity (Wildman–Crippen MR) is 80.8 cm³/mol. The van der Waals surface area contributed by atoms with E-state index in [-0.39, 0.29) is 12.2 Å². The monoisotopic (exact) mass is 296 g/mol. The number of hydrogen-bond acceptors (Lipinski definition) is 2. The highest BCUT2D eigenvalue weighted by molar-refractivity contribution is 5.87. The molecule has 3 aromatic rings. The first kappa shape index (κ1) is 14.0. The van der Waals surface area contributed by atoms with Crippen molar-refractivity contribution in [2.45, 2.75) is 6.42 Å². The molecule has 0 saturated carbocycles. The van der Waals surface area contributed by atoms with Crippen molar-refractivity contribution in [3.8, 4) is 22.3 Å².